The van der Waals surface area contributed by atoms with Crippen molar-refractivity contribution in [3.63, 3.8) is 0 Å². The fourth-order valence-corrected chi connectivity index (χ4v) is 3.75. The minimum absolute atomic E-state index is 0.253. The van der Waals surface area contributed by atoms with Crippen molar-refractivity contribution >= 4 is 5.91 Å². The van der Waals surface area contributed by atoms with E-state index >= 15 is 0 Å². The number of amides is 1. The second-order valence-corrected chi connectivity index (χ2v) is 7.74. The average molecular weight is 280 g/mol. The van der Waals surface area contributed by atoms with Gasteiger partial charge in [-0.25, -0.2) is 0 Å². The molecule has 0 bridgehead atoms. The van der Waals surface area contributed by atoms with E-state index in [9.17, 15) is 4.79 Å². The molecule has 20 heavy (non-hydrogen) atoms. The number of nitrogens with zero attached hydrogens (tertiary/aromatic N) is 1. The molecule has 1 aliphatic carbocycles. The van der Waals surface area contributed by atoms with Crippen LogP contribution >= 0.6 is 0 Å². The number of carbonyl (C=O) groups excluding carboxylic acids is 1. The molecule has 0 aromatic heterocycles. The van der Waals surface area contributed by atoms with Crippen LogP contribution in [0, 0.1) is 5.41 Å². The van der Waals surface area contributed by atoms with Gasteiger partial charge in [0.1, 0.15) is 0 Å². The van der Waals surface area contributed by atoms with Gasteiger partial charge in [-0.3, -0.25) is 10.1 Å². The summed E-state index contributed by atoms with van der Waals surface area (Å²) in [5.41, 5.74) is 0.119. The summed E-state index contributed by atoms with van der Waals surface area (Å²) in [5.74, 6) is 0.336. The Bertz CT molecular complexity index is 356. The van der Waals surface area contributed by atoms with E-state index in [4.69, 9.17) is 0 Å². The van der Waals surface area contributed by atoms with Crippen LogP contribution in [0.1, 0.15) is 79.6 Å². The molecule has 0 radical (unpaired) electrons. The van der Waals surface area contributed by atoms with Crippen LogP contribution < -0.4 is 5.32 Å². The molecule has 2 aliphatic rings. The Balaban J connectivity index is 2.13. The summed E-state index contributed by atoms with van der Waals surface area (Å²) in [6.45, 7) is 11.1. The van der Waals surface area contributed by atoms with E-state index in [0.717, 1.165) is 19.3 Å². The fourth-order valence-electron chi connectivity index (χ4n) is 3.75. The number of rotatable bonds is 4. The van der Waals surface area contributed by atoms with Crippen LogP contribution in [0.25, 0.3) is 0 Å². The molecular formula is C17H32N2O. The molecule has 3 nitrogen and oxygen atoms in total. The molecule has 2 atom stereocenters. The molecule has 1 aliphatic heterocycles. The topological polar surface area (TPSA) is 32.3 Å². The highest BCUT2D eigenvalue weighted by molar-refractivity contribution is 5.88. The van der Waals surface area contributed by atoms with Crippen LogP contribution in [0.15, 0.2) is 0 Å². The first-order valence-electron chi connectivity index (χ1n) is 8.43. The number of hydrogen-bond acceptors (Lipinski definition) is 2. The quantitative estimate of drug-likeness (QED) is 0.852. The third-order valence-corrected chi connectivity index (χ3v) is 5.50. The molecular weight excluding hydrogens is 248 g/mol. The van der Waals surface area contributed by atoms with Crippen LogP contribution in [0.4, 0.5) is 0 Å². The molecule has 0 aromatic rings. The van der Waals surface area contributed by atoms with E-state index in [-0.39, 0.29) is 11.7 Å². The van der Waals surface area contributed by atoms with E-state index in [1.807, 2.05) is 0 Å². The van der Waals surface area contributed by atoms with Gasteiger partial charge >= 0.3 is 0 Å². The normalized spacial score (nSPS) is 34.8. The molecule has 2 rings (SSSR count). The van der Waals surface area contributed by atoms with Gasteiger partial charge in [-0.05, 0) is 50.9 Å². The van der Waals surface area contributed by atoms with Crippen molar-refractivity contribution in [3.05, 3.63) is 0 Å². The zero-order valence-corrected chi connectivity index (χ0v) is 14.0. The summed E-state index contributed by atoms with van der Waals surface area (Å²) in [7, 11) is 0. The third-order valence-electron chi connectivity index (χ3n) is 5.50. The lowest BCUT2D eigenvalue weighted by Gasteiger charge is -2.40. The van der Waals surface area contributed by atoms with Gasteiger partial charge in [0.15, 0.2) is 0 Å². The van der Waals surface area contributed by atoms with E-state index in [0.29, 0.717) is 17.4 Å². The maximum atomic E-state index is 12.9. The predicted molar refractivity (Wildman–Crippen MR) is 83.4 cm³/mol. The Morgan fingerprint density at radius 1 is 1.20 bits per heavy atom. The van der Waals surface area contributed by atoms with Gasteiger partial charge in [0.25, 0.3) is 0 Å². The van der Waals surface area contributed by atoms with Crippen LogP contribution in [-0.2, 0) is 4.79 Å². The lowest BCUT2D eigenvalue weighted by atomic mass is 9.75. The SMILES string of the molecule is CCCC1NC(C)(CC)C(=O)N1C1CCC(C)(C)CC1. The number of nitrogens with one attached hydrogen (secondary N) is 1. The molecule has 1 saturated heterocycles. The first-order valence-corrected chi connectivity index (χ1v) is 8.43. The molecule has 2 unspecified atom stereocenters. The maximum absolute atomic E-state index is 12.9. The summed E-state index contributed by atoms with van der Waals surface area (Å²) in [5, 5.41) is 3.61. The molecule has 1 amide bonds. The van der Waals surface area contributed by atoms with Crippen molar-refractivity contribution in [1.82, 2.24) is 10.2 Å². The molecule has 116 valence electrons. The van der Waals surface area contributed by atoms with E-state index in [1.165, 1.54) is 25.7 Å². The summed E-state index contributed by atoms with van der Waals surface area (Å²) in [6.07, 6.45) is 8.14. The zero-order chi connectivity index (χ0) is 15.0. The summed E-state index contributed by atoms with van der Waals surface area (Å²) in [4.78, 5) is 15.1. The highest BCUT2D eigenvalue weighted by Crippen LogP contribution is 2.39. The van der Waals surface area contributed by atoms with Crippen molar-refractivity contribution in [2.75, 3.05) is 0 Å². The van der Waals surface area contributed by atoms with Gasteiger partial charge in [-0.2, -0.15) is 0 Å². The van der Waals surface area contributed by atoms with E-state index in [1.54, 1.807) is 0 Å². The van der Waals surface area contributed by atoms with Crippen molar-refractivity contribution in [2.45, 2.75) is 97.3 Å². The van der Waals surface area contributed by atoms with Gasteiger partial charge < -0.3 is 4.90 Å². The number of carbonyl (C=O) groups is 1. The first-order chi connectivity index (χ1) is 9.33. The Morgan fingerprint density at radius 3 is 2.30 bits per heavy atom. The van der Waals surface area contributed by atoms with Crippen molar-refractivity contribution in [1.29, 1.82) is 0 Å². The monoisotopic (exact) mass is 280 g/mol. The fraction of sp³-hybridized carbons (Fsp3) is 0.941. The van der Waals surface area contributed by atoms with Gasteiger partial charge in [0.2, 0.25) is 5.91 Å². The maximum Gasteiger partial charge on any atom is 0.244 e. The Kier molecular flexibility index (Phi) is 4.48. The van der Waals surface area contributed by atoms with Gasteiger partial charge in [-0.1, -0.05) is 34.1 Å². The Hall–Kier alpha value is -0.570. The first kappa shape index (κ1) is 15.8. The standard InChI is InChI=1S/C17H32N2O/c1-6-8-14-18-17(5,7-2)15(20)19(14)13-9-11-16(3,4)12-10-13/h13-14,18H,6-12H2,1-5H3. The lowest BCUT2D eigenvalue weighted by molar-refractivity contribution is -0.136. The second-order valence-electron chi connectivity index (χ2n) is 7.74. The summed E-state index contributed by atoms with van der Waals surface area (Å²) < 4.78 is 0. The van der Waals surface area contributed by atoms with Crippen LogP contribution in [0.2, 0.25) is 0 Å². The van der Waals surface area contributed by atoms with Crippen molar-refractivity contribution < 1.29 is 4.79 Å². The molecule has 0 aromatic carbocycles. The minimum Gasteiger partial charge on any atom is -0.323 e. The molecule has 1 N–H and O–H groups in total. The van der Waals surface area contributed by atoms with E-state index < -0.39 is 0 Å². The highest BCUT2D eigenvalue weighted by atomic mass is 16.2. The Morgan fingerprint density at radius 2 is 1.80 bits per heavy atom. The second kappa shape index (κ2) is 5.67. The van der Waals surface area contributed by atoms with Crippen molar-refractivity contribution in [3.8, 4) is 0 Å². The molecule has 1 heterocycles. The van der Waals surface area contributed by atoms with Crippen LogP contribution in [0.3, 0.4) is 0 Å². The molecule has 1 saturated carbocycles. The molecule has 2 fully saturated rings. The smallest absolute Gasteiger partial charge is 0.244 e. The van der Waals surface area contributed by atoms with Crippen LogP contribution in [-0.4, -0.2) is 28.6 Å². The molecule has 0 spiro atoms. The largest absolute Gasteiger partial charge is 0.323 e. The van der Waals surface area contributed by atoms with Gasteiger partial charge in [-0.15, -0.1) is 0 Å². The van der Waals surface area contributed by atoms with Crippen molar-refractivity contribution in [2.24, 2.45) is 5.41 Å². The number of hydrogen-bond donors (Lipinski definition) is 1. The van der Waals surface area contributed by atoms with Crippen LogP contribution in [0.5, 0.6) is 0 Å². The predicted octanol–water partition coefficient (Wildman–Crippen LogP) is 3.68. The lowest BCUT2D eigenvalue weighted by Crippen LogP contribution is -2.47. The zero-order valence-electron chi connectivity index (χ0n) is 14.0. The Labute approximate surface area is 124 Å². The van der Waals surface area contributed by atoms with E-state index in [2.05, 4.69) is 44.8 Å². The summed E-state index contributed by atoms with van der Waals surface area (Å²) >= 11 is 0. The molecule has 3 heteroatoms. The van der Waals surface area contributed by atoms with Gasteiger partial charge in [0, 0.05) is 6.04 Å². The van der Waals surface area contributed by atoms with Gasteiger partial charge in [0.05, 0.1) is 11.7 Å². The highest BCUT2D eigenvalue weighted by Gasteiger charge is 2.49. The average Bonchev–Trinajstić information content (AvgIpc) is 2.64. The summed E-state index contributed by atoms with van der Waals surface area (Å²) in [6, 6.07) is 0.452. The minimum atomic E-state index is -0.340. The third kappa shape index (κ3) is 2.88.